The first kappa shape index (κ1) is 19.7. The van der Waals surface area contributed by atoms with Crippen molar-refractivity contribution < 1.29 is 10.2 Å². The van der Waals surface area contributed by atoms with Crippen molar-refractivity contribution in [3.8, 4) is 16.9 Å². The van der Waals surface area contributed by atoms with Crippen molar-refractivity contribution in [2.75, 3.05) is 11.9 Å². The molecule has 5 rings (SSSR count). The standard InChI is InChI=1S/C25H21N5O2/c26-15-25(30-29-22-13-10-17-8-4-5-9-19(17)27-22)14-21(32)23-18(16-6-2-1-3-7-16)11-12-20(31)24(23)28-25/h1-14,28,31-32H,15,26H2. The molecule has 4 aromatic rings. The minimum Gasteiger partial charge on any atom is -0.507 e. The molecule has 0 amide bonds. The largest absolute Gasteiger partial charge is 0.507 e. The van der Waals surface area contributed by atoms with E-state index in [0.29, 0.717) is 17.1 Å². The molecule has 0 fully saturated rings. The van der Waals surface area contributed by atoms with Crippen LogP contribution in [-0.2, 0) is 0 Å². The highest BCUT2D eigenvalue weighted by Gasteiger charge is 2.35. The first-order valence-corrected chi connectivity index (χ1v) is 10.2. The molecule has 32 heavy (non-hydrogen) atoms. The molecule has 7 heteroatoms. The summed E-state index contributed by atoms with van der Waals surface area (Å²) in [4.78, 5) is 4.50. The van der Waals surface area contributed by atoms with Crippen LogP contribution in [0, 0.1) is 0 Å². The molecule has 2 heterocycles. The Hall–Kier alpha value is -4.23. The van der Waals surface area contributed by atoms with Crippen LogP contribution in [0.1, 0.15) is 5.56 Å². The maximum atomic E-state index is 11.0. The molecule has 158 valence electrons. The molecule has 3 aromatic carbocycles. The number of hydrogen-bond acceptors (Lipinski definition) is 7. The maximum absolute atomic E-state index is 11.0. The lowest BCUT2D eigenvalue weighted by Gasteiger charge is -2.32. The Morgan fingerprint density at radius 3 is 2.50 bits per heavy atom. The third-order valence-corrected chi connectivity index (χ3v) is 5.47. The monoisotopic (exact) mass is 423 g/mol. The normalized spacial score (nSPS) is 17.7. The second kappa shape index (κ2) is 7.79. The van der Waals surface area contributed by atoms with E-state index in [1.165, 1.54) is 6.08 Å². The van der Waals surface area contributed by atoms with Gasteiger partial charge in [0, 0.05) is 18.0 Å². The SMILES string of the molecule is NCC1(N=Nc2ccc3ccccc3n2)C=C(O)c2c(-c3ccccc3)ccc(O)c2N1. The van der Waals surface area contributed by atoms with Crippen molar-refractivity contribution in [2.24, 2.45) is 16.0 Å². The number of aromatic hydroxyl groups is 1. The van der Waals surface area contributed by atoms with Crippen LogP contribution in [0.2, 0.25) is 0 Å². The summed E-state index contributed by atoms with van der Waals surface area (Å²) >= 11 is 0. The summed E-state index contributed by atoms with van der Waals surface area (Å²) in [6.07, 6.45) is 1.52. The van der Waals surface area contributed by atoms with Crippen LogP contribution >= 0.6 is 0 Å². The number of fused-ring (bicyclic) bond motifs is 2. The van der Waals surface area contributed by atoms with Gasteiger partial charge in [-0.3, -0.25) is 0 Å². The van der Waals surface area contributed by atoms with E-state index in [4.69, 9.17) is 5.73 Å². The summed E-state index contributed by atoms with van der Waals surface area (Å²) < 4.78 is 0. The molecule has 1 aliphatic heterocycles. The highest BCUT2D eigenvalue weighted by molar-refractivity contribution is 5.91. The van der Waals surface area contributed by atoms with Crippen molar-refractivity contribution in [1.82, 2.24) is 4.98 Å². The number of phenols is 1. The molecule has 1 aliphatic rings. The third-order valence-electron chi connectivity index (χ3n) is 5.47. The molecule has 0 radical (unpaired) electrons. The van der Waals surface area contributed by atoms with Gasteiger partial charge in [0.05, 0.1) is 16.8 Å². The van der Waals surface area contributed by atoms with Gasteiger partial charge in [-0.05, 0) is 41.5 Å². The van der Waals surface area contributed by atoms with Crippen molar-refractivity contribution in [3.63, 3.8) is 0 Å². The Bertz CT molecular complexity index is 1370. The van der Waals surface area contributed by atoms with Crippen molar-refractivity contribution in [1.29, 1.82) is 0 Å². The van der Waals surface area contributed by atoms with Crippen LogP contribution in [-0.4, -0.2) is 27.4 Å². The first-order valence-electron chi connectivity index (χ1n) is 10.2. The molecule has 0 aliphatic carbocycles. The molecule has 7 nitrogen and oxygen atoms in total. The Labute approximate surface area is 184 Å². The van der Waals surface area contributed by atoms with E-state index in [1.54, 1.807) is 18.2 Å². The van der Waals surface area contributed by atoms with E-state index in [-0.39, 0.29) is 18.1 Å². The molecule has 0 saturated heterocycles. The number of anilines is 1. The minimum atomic E-state index is -1.24. The highest BCUT2D eigenvalue weighted by atomic mass is 16.3. The van der Waals surface area contributed by atoms with Crippen LogP contribution in [0.25, 0.3) is 27.8 Å². The second-order valence-corrected chi connectivity index (χ2v) is 7.59. The van der Waals surface area contributed by atoms with E-state index in [0.717, 1.165) is 22.0 Å². The zero-order valence-electron chi connectivity index (χ0n) is 17.1. The summed E-state index contributed by atoms with van der Waals surface area (Å²) in [5.41, 5.74) is 8.12. The van der Waals surface area contributed by atoms with Crippen LogP contribution in [0.5, 0.6) is 5.75 Å². The number of aliphatic hydroxyl groups excluding tert-OH is 1. The van der Waals surface area contributed by atoms with Gasteiger partial charge in [0.15, 0.2) is 11.5 Å². The fourth-order valence-electron chi connectivity index (χ4n) is 3.85. The molecule has 5 N–H and O–H groups in total. The first-order chi connectivity index (χ1) is 15.6. The summed E-state index contributed by atoms with van der Waals surface area (Å²) in [5, 5.41) is 34.4. The number of nitrogens with two attached hydrogens (primary N) is 1. The van der Waals surface area contributed by atoms with Crippen molar-refractivity contribution in [2.45, 2.75) is 5.66 Å². The van der Waals surface area contributed by atoms with Crippen LogP contribution in [0.4, 0.5) is 11.5 Å². The van der Waals surface area contributed by atoms with Gasteiger partial charge in [0.2, 0.25) is 0 Å². The number of rotatable bonds is 4. The lowest BCUT2D eigenvalue weighted by atomic mass is 9.91. The average molecular weight is 423 g/mol. The lowest BCUT2D eigenvalue weighted by Crippen LogP contribution is -2.43. The van der Waals surface area contributed by atoms with Crippen LogP contribution in [0.15, 0.2) is 95.2 Å². The number of azo groups is 1. The molecule has 0 bridgehead atoms. The van der Waals surface area contributed by atoms with Gasteiger partial charge in [-0.15, -0.1) is 5.11 Å². The van der Waals surface area contributed by atoms with E-state index < -0.39 is 5.66 Å². The fraction of sp³-hybridized carbons (Fsp3) is 0.0800. The molecule has 0 saturated carbocycles. The molecule has 1 aromatic heterocycles. The van der Waals surface area contributed by atoms with Gasteiger partial charge in [-0.1, -0.05) is 48.5 Å². The Kier molecular flexibility index (Phi) is 4.80. The van der Waals surface area contributed by atoms with Gasteiger partial charge >= 0.3 is 0 Å². The lowest BCUT2D eigenvalue weighted by molar-refractivity contribution is 0.462. The number of aliphatic hydroxyl groups is 1. The van der Waals surface area contributed by atoms with Crippen molar-refractivity contribution in [3.05, 3.63) is 90.5 Å². The third kappa shape index (κ3) is 3.44. The highest BCUT2D eigenvalue weighted by Crippen LogP contribution is 2.44. The number of aromatic nitrogens is 1. The number of phenolic OH excluding ortho intramolecular Hbond substituents is 1. The molecular weight excluding hydrogens is 402 g/mol. The summed E-state index contributed by atoms with van der Waals surface area (Å²) in [5.74, 6) is 0.361. The van der Waals surface area contributed by atoms with Gasteiger partial charge in [0.25, 0.3) is 0 Å². The van der Waals surface area contributed by atoms with E-state index in [9.17, 15) is 10.2 Å². The zero-order valence-corrected chi connectivity index (χ0v) is 17.1. The quantitative estimate of drug-likeness (QED) is 0.260. The summed E-state index contributed by atoms with van der Waals surface area (Å²) in [6.45, 7) is 0.00257. The summed E-state index contributed by atoms with van der Waals surface area (Å²) in [7, 11) is 0. The maximum Gasteiger partial charge on any atom is 0.185 e. The van der Waals surface area contributed by atoms with Crippen molar-refractivity contribution >= 4 is 28.2 Å². The Morgan fingerprint density at radius 2 is 1.69 bits per heavy atom. The predicted octanol–water partition coefficient (Wildman–Crippen LogP) is 5.37. The fourth-order valence-corrected chi connectivity index (χ4v) is 3.85. The minimum absolute atomic E-state index is 0.00257. The Morgan fingerprint density at radius 1 is 0.906 bits per heavy atom. The van der Waals surface area contributed by atoms with Gasteiger partial charge in [-0.2, -0.15) is 5.11 Å². The number of benzene rings is 3. The number of pyridine rings is 1. The number of nitrogens with one attached hydrogen (secondary N) is 1. The average Bonchev–Trinajstić information content (AvgIpc) is 2.84. The molecule has 0 spiro atoms. The Balaban J connectivity index is 1.56. The molecule has 1 atom stereocenters. The van der Waals surface area contributed by atoms with Crippen LogP contribution < -0.4 is 11.1 Å². The number of hydrogen-bond donors (Lipinski definition) is 4. The predicted molar refractivity (Wildman–Crippen MR) is 126 cm³/mol. The van der Waals surface area contributed by atoms with Gasteiger partial charge in [-0.25, -0.2) is 4.98 Å². The van der Waals surface area contributed by atoms with E-state index in [1.807, 2.05) is 60.7 Å². The smallest absolute Gasteiger partial charge is 0.185 e. The van der Waals surface area contributed by atoms with Gasteiger partial charge < -0.3 is 21.3 Å². The topological polar surface area (TPSA) is 116 Å². The number of para-hydroxylation sites is 1. The zero-order chi connectivity index (χ0) is 22.1. The van der Waals surface area contributed by atoms with E-state index >= 15 is 0 Å². The second-order valence-electron chi connectivity index (χ2n) is 7.59. The van der Waals surface area contributed by atoms with E-state index in [2.05, 4.69) is 20.5 Å². The molecular formula is C25H21N5O2. The summed E-state index contributed by atoms with van der Waals surface area (Å²) in [6, 6.07) is 24.4. The van der Waals surface area contributed by atoms with Gasteiger partial charge in [0.1, 0.15) is 11.5 Å². The number of nitrogens with zero attached hydrogens (tertiary/aromatic N) is 3. The van der Waals surface area contributed by atoms with Crippen LogP contribution in [0.3, 0.4) is 0 Å². The molecule has 1 unspecified atom stereocenters.